The molecule has 0 fully saturated rings. The number of nitrogens with one attached hydrogen (secondary N) is 1. The molecular weight excluding hydrogens is 265 g/mol. The number of hydrogen-bond donors (Lipinski definition) is 2. The molecule has 0 saturated heterocycles. The molecule has 0 heterocycles. The van der Waals surface area contributed by atoms with Crippen molar-refractivity contribution in [1.29, 1.82) is 0 Å². The van der Waals surface area contributed by atoms with E-state index in [1.807, 2.05) is 0 Å². The molecular formula is C11H10F3N2O3-. The van der Waals surface area contributed by atoms with Gasteiger partial charge < -0.3 is 20.4 Å². The Morgan fingerprint density at radius 1 is 1.37 bits per heavy atom. The summed E-state index contributed by atoms with van der Waals surface area (Å²) in [4.78, 5) is 10.3. The van der Waals surface area contributed by atoms with Crippen LogP contribution in [0.25, 0.3) is 0 Å². The van der Waals surface area contributed by atoms with E-state index in [0.717, 1.165) is 12.1 Å². The lowest BCUT2D eigenvalue weighted by Gasteiger charge is -2.16. The first-order valence-electron chi connectivity index (χ1n) is 5.12. The molecule has 1 aromatic carbocycles. The van der Waals surface area contributed by atoms with Gasteiger partial charge in [-0.05, 0) is 12.5 Å². The fourth-order valence-corrected chi connectivity index (χ4v) is 1.47. The maximum Gasteiger partial charge on any atom is 0.437 e. The molecule has 0 bridgehead atoms. The van der Waals surface area contributed by atoms with Crippen LogP contribution in [0.4, 0.5) is 18.0 Å². The monoisotopic (exact) mass is 275 g/mol. The third-order valence-electron chi connectivity index (χ3n) is 2.39. The molecule has 1 atom stereocenters. The third kappa shape index (κ3) is 3.87. The number of halogens is 3. The Kier molecular flexibility index (Phi) is 4.36. The van der Waals surface area contributed by atoms with Crippen LogP contribution in [0.3, 0.4) is 0 Å². The molecule has 1 amide bonds. The maximum atomic E-state index is 12.4. The second kappa shape index (κ2) is 5.59. The molecule has 1 aromatic rings. The first-order chi connectivity index (χ1) is 8.75. The Bertz CT molecular complexity index is 483. The predicted molar refractivity (Wildman–Crippen MR) is 57.8 cm³/mol. The minimum absolute atomic E-state index is 0.320. The summed E-state index contributed by atoms with van der Waals surface area (Å²) in [6.45, 7) is 1.51. The molecule has 104 valence electrons. The van der Waals surface area contributed by atoms with Crippen molar-refractivity contribution < 1.29 is 28.3 Å². The summed E-state index contributed by atoms with van der Waals surface area (Å²) in [6.07, 6.45) is -6.25. The number of carboxylic acid groups (broad SMARTS) is 1. The smallest absolute Gasteiger partial charge is 0.437 e. The van der Waals surface area contributed by atoms with Crippen LogP contribution in [0.15, 0.2) is 29.4 Å². The van der Waals surface area contributed by atoms with Crippen LogP contribution in [-0.4, -0.2) is 23.2 Å². The Morgan fingerprint density at radius 2 is 1.89 bits per heavy atom. The highest BCUT2D eigenvalue weighted by Gasteiger charge is 2.37. The van der Waals surface area contributed by atoms with Crippen LogP contribution >= 0.6 is 0 Å². The van der Waals surface area contributed by atoms with Gasteiger partial charge in [0.2, 0.25) is 0 Å². The minimum Gasteiger partial charge on any atom is -0.530 e. The average Bonchev–Trinajstić information content (AvgIpc) is 2.28. The lowest BCUT2D eigenvalue weighted by atomic mass is 10.0. The Hall–Kier alpha value is -2.25. The highest BCUT2D eigenvalue weighted by atomic mass is 19.4. The number of oxime groups is 1. The van der Waals surface area contributed by atoms with Crippen molar-refractivity contribution >= 4 is 11.8 Å². The number of rotatable bonds is 3. The van der Waals surface area contributed by atoms with Gasteiger partial charge in [0.15, 0.2) is 5.71 Å². The summed E-state index contributed by atoms with van der Waals surface area (Å²) in [6, 6.07) is 4.15. The van der Waals surface area contributed by atoms with Gasteiger partial charge in [0.05, 0.1) is 0 Å². The summed E-state index contributed by atoms with van der Waals surface area (Å²) in [5.41, 5.74) is -1.29. The van der Waals surface area contributed by atoms with E-state index in [-0.39, 0.29) is 5.56 Å². The van der Waals surface area contributed by atoms with E-state index in [1.54, 1.807) is 0 Å². The molecule has 8 heteroatoms. The molecule has 19 heavy (non-hydrogen) atoms. The molecule has 0 saturated carbocycles. The minimum atomic E-state index is -4.77. The van der Waals surface area contributed by atoms with Crippen LogP contribution in [0.1, 0.15) is 24.1 Å². The van der Waals surface area contributed by atoms with Gasteiger partial charge in [-0.1, -0.05) is 29.4 Å². The van der Waals surface area contributed by atoms with Crippen molar-refractivity contribution in [2.45, 2.75) is 19.1 Å². The van der Waals surface area contributed by atoms with Crippen LogP contribution in [0, 0.1) is 0 Å². The van der Waals surface area contributed by atoms with E-state index in [0.29, 0.717) is 5.56 Å². The lowest BCUT2D eigenvalue weighted by Crippen LogP contribution is -2.38. The molecule has 0 aliphatic rings. The summed E-state index contributed by atoms with van der Waals surface area (Å²) in [5, 5.41) is 23.0. The summed E-state index contributed by atoms with van der Waals surface area (Å²) in [7, 11) is 0. The van der Waals surface area contributed by atoms with Gasteiger partial charge in [0, 0.05) is 11.6 Å². The summed E-state index contributed by atoms with van der Waals surface area (Å²) >= 11 is 0. The maximum absolute atomic E-state index is 12.4. The molecule has 0 aromatic heterocycles. The standard InChI is InChI=1S/C11H11F3N2O3/c1-6(15-10(17)18)7-2-4-8(5-3-7)9(16-19)11(12,13)14/h2-6,15,19H,1H3,(H,17,18)/p-1. The van der Waals surface area contributed by atoms with Crippen molar-refractivity contribution in [2.24, 2.45) is 5.16 Å². The van der Waals surface area contributed by atoms with Crippen molar-refractivity contribution in [3.05, 3.63) is 35.4 Å². The van der Waals surface area contributed by atoms with Gasteiger partial charge in [-0.25, -0.2) is 0 Å². The van der Waals surface area contributed by atoms with Gasteiger partial charge in [-0.2, -0.15) is 13.2 Å². The van der Waals surface area contributed by atoms with E-state index in [1.165, 1.54) is 19.1 Å². The molecule has 0 radical (unpaired) electrons. The largest absolute Gasteiger partial charge is 0.530 e. The first kappa shape index (κ1) is 14.8. The Labute approximate surface area is 106 Å². The van der Waals surface area contributed by atoms with Crippen LogP contribution in [0.2, 0.25) is 0 Å². The van der Waals surface area contributed by atoms with E-state index in [4.69, 9.17) is 5.21 Å². The summed E-state index contributed by atoms with van der Waals surface area (Å²) < 4.78 is 37.3. The number of carbonyl (C=O) groups is 1. The molecule has 1 unspecified atom stereocenters. The van der Waals surface area contributed by atoms with Crippen LogP contribution in [-0.2, 0) is 0 Å². The Balaban J connectivity index is 2.96. The van der Waals surface area contributed by atoms with E-state index in [2.05, 4.69) is 10.5 Å². The van der Waals surface area contributed by atoms with E-state index < -0.39 is 24.0 Å². The Morgan fingerprint density at radius 3 is 2.26 bits per heavy atom. The molecule has 2 N–H and O–H groups in total. The van der Waals surface area contributed by atoms with Gasteiger partial charge in [-0.15, -0.1) is 0 Å². The molecule has 0 aliphatic heterocycles. The number of nitrogens with zero attached hydrogens (tertiary/aromatic N) is 1. The third-order valence-corrected chi connectivity index (χ3v) is 2.39. The number of alkyl halides is 3. The number of hydrogen-bond acceptors (Lipinski definition) is 4. The number of amides is 1. The van der Waals surface area contributed by atoms with Gasteiger partial charge in [0.25, 0.3) is 0 Å². The van der Waals surface area contributed by atoms with Crippen molar-refractivity contribution in [3.8, 4) is 0 Å². The highest BCUT2D eigenvalue weighted by Crippen LogP contribution is 2.23. The quantitative estimate of drug-likeness (QED) is 0.497. The van der Waals surface area contributed by atoms with Gasteiger partial charge in [-0.3, -0.25) is 0 Å². The second-order valence-corrected chi connectivity index (χ2v) is 3.72. The average molecular weight is 275 g/mol. The van der Waals surface area contributed by atoms with Crippen molar-refractivity contribution in [3.63, 3.8) is 0 Å². The second-order valence-electron chi connectivity index (χ2n) is 3.72. The molecule has 0 aliphatic carbocycles. The zero-order chi connectivity index (χ0) is 14.6. The lowest BCUT2D eigenvalue weighted by molar-refractivity contribution is -0.251. The van der Waals surface area contributed by atoms with Gasteiger partial charge >= 0.3 is 6.18 Å². The fourth-order valence-electron chi connectivity index (χ4n) is 1.47. The molecule has 0 spiro atoms. The number of benzene rings is 1. The zero-order valence-corrected chi connectivity index (χ0v) is 9.73. The zero-order valence-electron chi connectivity index (χ0n) is 9.73. The normalized spacial score (nSPS) is 14.0. The predicted octanol–water partition coefficient (Wildman–Crippen LogP) is 1.42. The highest BCUT2D eigenvalue weighted by molar-refractivity contribution is 6.04. The SMILES string of the molecule is CC(NC(=O)[O-])c1ccc(C(=NO)C(F)(F)F)cc1. The molecule has 5 nitrogen and oxygen atoms in total. The van der Waals surface area contributed by atoms with Gasteiger partial charge in [0.1, 0.15) is 6.09 Å². The fraction of sp³-hybridized carbons (Fsp3) is 0.273. The molecule has 1 rings (SSSR count). The van der Waals surface area contributed by atoms with E-state index in [9.17, 15) is 23.1 Å². The summed E-state index contributed by atoms with van der Waals surface area (Å²) in [5.74, 6) is 0. The first-order valence-corrected chi connectivity index (χ1v) is 5.12. The van der Waals surface area contributed by atoms with Crippen LogP contribution in [0.5, 0.6) is 0 Å². The van der Waals surface area contributed by atoms with Crippen molar-refractivity contribution in [2.75, 3.05) is 0 Å². The van der Waals surface area contributed by atoms with Crippen molar-refractivity contribution in [1.82, 2.24) is 5.32 Å². The van der Waals surface area contributed by atoms with Crippen LogP contribution < -0.4 is 10.4 Å². The topological polar surface area (TPSA) is 84.8 Å². The number of carbonyl (C=O) groups excluding carboxylic acids is 1. The van der Waals surface area contributed by atoms with E-state index >= 15 is 0 Å².